The molecule has 0 amide bonds. The van der Waals surface area contributed by atoms with Gasteiger partial charge in [-0.25, -0.2) is 4.98 Å². The Balaban J connectivity index is 2.86. The maximum Gasteiger partial charge on any atom is 0.128 e. The SMILES string of the molecule is CC(C)CN(CCN)c1ccc(C(C)(C)C)cn1. The van der Waals surface area contributed by atoms with E-state index >= 15 is 0 Å². The van der Waals surface area contributed by atoms with E-state index in [0.717, 1.165) is 18.9 Å². The number of hydrogen-bond donors (Lipinski definition) is 1. The Morgan fingerprint density at radius 2 is 1.94 bits per heavy atom. The lowest BCUT2D eigenvalue weighted by Gasteiger charge is -2.26. The molecule has 0 radical (unpaired) electrons. The molecular weight excluding hydrogens is 222 g/mol. The smallest absolute Gasteiger partial charge is 0.128 e. The normalized spacial score (nSPS) is 11.9. The van der Waals surface area contributed by atoms with E-state index in [1.165, 1.54) is 5.56 Å². The number of nitrogens with two attached hydrogens (primary N) is 1. The average molecular weight is 249 g/mol. The second-order valence-electron chi connectivity index (χ2n) is 6.28. The van der Waals surface area contributed by atoms with Gasteiger partial charge in [0.1, 0.15) is 5.82 Å². The van der Waals surface area contributed by atoms with Crippen LogP contribution in [-0.4, -0.2) is 24.6 Å². The topological polar surface area (TPSA) is 42.1 Å². The fourth-order valence-electron chi connectivity index (χ4n) is 1.91. The molecule has 0 saturated carbocycles. The second kappa shape index (κ2) is 6.19. The van der Waals surface area contributed by atoms with Gasteiger partial charge < -0.3 is 10.6 Å². The third kappa shape index (κ3) is 4.30. The van der Waals surface area contributed by atoms with Gasteiger partial charge in [-0.1, -0.05) is 40.7 Å². The molecule has 0 aliphatic carbocycles. The molecule has 0 aromatic carbocycles. The Kier molecular flexibility index (Phi) is 5.15. The van der Waals surface area contributed by atoms with E-state index in [1.807, 2.05) is 6.20 Å². The molecule has 2 N–H and O–H groups in total. The molecule has 1 heterocycles. The van der Waals surface area contributed by atoms with Gasteiger partial charge in [-0.3, -0.25) is 0 Å². The summed E-state index contributed by atoms with van der Waals surface area (Å²) in [6.45, 7) is 13.6. The Morgan fingerprint density at radius 3 is 2.33 bits per heavy atom. The molecule has 0 fully saturated rings. The fraction of sp³-hybridized carbons (Fsp3) is 0.667. The minimum absolute atomic E-state index is 0.155. The van der Waals surface area contributed by atoms with Crippen LogP contribution in [0.4, 0.5) is 5.82 Å². The first kappa shape index (κ1) is 15.0. The molecular formula is C15H27N3. The zero-order valence-corrected chi connectivity index (χ0v) is 12.4. The predicted molar refractivity (Wildman–Crippen MR) is 79.0 cm³/mol. The maximum absolute atomic E-state index is 5.67. The van der Waals surface area contributed by atoms with E-state index in [2.05, 4.69) is 56.6 Å². The summed E-state index contributed by atoms with van der Waals surface area (Å²) in [6.07, 6.45) is 1.99. The summed E-state index contributed by atoms with van der Waals surface area (Å²) in [5.41, 5.74) is 7.09. The molecule has 1 rings (SSSR count). The first-order valence-electron chi connectivity index (χ1n) is 6.76. The summed E-state index contributed by atoms with van der Waals surface area (Å²) < 4.78 is 0. The molecule has 0 aliphatic rings. The molecule has 0 saturated heterocycles. The van der Waals surface area contributed by atoms with Crippen molar-refractivity contribution >= 4 is 5.82 Å². The van der Waals surface area contributed by atoms with E-state index in [4.69, 9.17) is 5.73 Å². The minimum Gasteiger partial charge on any atom is -0.355 e. The lowest BCUT2D eigenvalue weighted by molar-refractivity contribution is 0.584. The van der Waals surface area contributed by atoms with Crippen LogP contribution in [0.5, 0.6) is 0 Å². The second-order valence-corrected chi connectivity index (χ2v) is 6.28. The third-order valence-corrected chi connectivity index (χ3v) is 2.92. The molecule has 1 aromatic rings. The van der Waals surface area contributed by atoms with Gasteiger partial charge in [-0.05, 0) is 23.0 Å². The molecule has 0 bridgehead atoms. The van der Waals surface area contributed by atoms with Crippen molar-refractivity contribution in [3.05, 3.63) is 23.9 Å². The van der Waals surface area contributed by atoms with Crippen LogP contribution in [0.15, 0.2) is 18.3 Å². The van der Waals surface area contributed by atoms with Gasteiger partial charge in [0.2, 0.25) is 0 Å². The highest BCUT2D eigenvalue weighted by atomic mass is 15.2. The first-order chi connectivity index (χ1) is 8.34. The Hall–Kier alpha value is -1.09. The van der Waals surface area contributed by atoms with Crippen molar-refractivity contribution in [3.63, 3.8) is 0 Å². The van der Waals surface area contributed by atoms with Crippen LogP contribution in [0.1, 0.15) is 40.2 Å². The van der Waals surface area contributed by atoms with E-state index in [0.29, 0.717) is 12.5 Å². The van der Waals surface area contributed by atoms with Crippen LogP contribution in [-0.2, 0) is 5.41 Å². The summed E-state index contributed by atoms with van der Waals surface area (Å²) in [7, 11) is 0. The van der Waals surface area contributed by atoms with Crippen molar-refractivity contribution in [2.45, 2.75) is 40.0 Å². The summed E-state index contributed by atoms with van der Waals surface area (Å²) in [5.74, 6) is 1.64. The highest BCUT2D eigenvalue weighted by molar-refractivity contribution is 5.40. The van der Waals surface area contributed by atoms with Gasteiger partial charge in [0, 0.05) is 25.8 Å². The minimum atomic E-state index is 0.155. The largest absolute Gasteiger partial charge is 0.355 e. The number of pyridine rings is 1. The molecule has 3 nitrogen and oxygen atoms in total. The third-order valence-electron chi connectivity index (χ3n) is 2.92. The van der Waals surface area contributed by atoms with E-state index in [9.17, 15) is 0 Å². The lowest BCUT2D eigenvalue weighted by Crippen LogP contribution is -2.33. The van der Waals surface area contributed by atoms with Crippen LogP contribution < -0.4 is 10.6 Å². The van der Waals surface area contributed by atoms with Crippen molar-refractivity contribution in [1.82, 2.24) is 4.98 Å². The van der Waals surface area contributed by atoms with Crippen LogP contribution >= 0.6 is 0 Å². The van der Waals surface area contributed by atoms with Gasteiger partial charge in [0.05, 0.1) is 0 Å². The van der Waals surface area contributed by atoms with Crippen LogP contribution in [0.25, 0.3) is 0 Å². The fourth-order valence-corrected chi connectivity index (χ4v) is 1.91. The zero-order valence-electron chi connectivity index (χ0n) is 12.4. The average Bonchev–Trinajstić information content (AvgIpc) is 2.27. The number of aromatic nitrogens is 1. The molecule has 18 heavy (non-hydrogen) atoms. The van der Waals surface area contributed by atoms with Crippen molar-refractivity contribution in [2.75, 3.05) is 24.5 Å². The first-order valence-corrected chi connectivity index (χ1v) is 6.76. The highest BCUT2D eigenvalue weighted by Crippen LogP contribution is 2.23. The Bertz CT molecular complexity index is 349. The summed E-state index contributed by atoms with van der Waals surface area (Å²) in [6, 6.07) is 4.28. The van der Waals surface area contributed by atoms with Gasteiger partial charge in [0.15, 0.2) is 0 Å². The molecule has 0 aliphatic heterocycles. The Labute approximate surface area is 111 Å². The van der Waals surface area contributed by atoms with Crippen LogP contribution in [0, 0.1) is 5.92 Å². The lowest BCUT2D eigenvalue weighted by atomic mass is 9.88. The van der Waals surface area contributed by atoms with Gasteiger partial charge in [-0.15, -0.1) is 0 Å². The van der Waals surface area contributed by atoms with Crippen molar-refractivity contribution < 1.29 is 0 Å². The standard InChI is InChI=1S/C15H27N3/c1-12(2)11-18(9-8-16)14-7-6-13(10-17-14)15(3,4)5/h6-7,10,12H,8-9,11,16H2,1-5H3. The summed E-state index contributed by atoms with van der Waals surface area (Å²) in [4.78, 5) is 6.85. The van der Waals surface area contributed by atoms with Crippen molar-refractivity contribution in [2.24, 2.45) is 11.7 Å². The summed E-state index contributed by atoms with van der Waals surface area (Å²) in [5, 5.41) is 0. The van der Waals surface area contributed by atoms with Crippen molar-refractivity contribution in [3.8, 4) is 0 Å². The van der Waals surface area contributed by atoms with E-state index in [-0.39, 0.29) is 5.41 Å². The number of anilines is 1. The molecule has 102 valence electrons. The summed E-state index contributed by atoms with van der Waals surface area (Å²) >= 11 is 0. The molecule has 0 atom stereocenters. The quantitative estimate of drug-likeness (QED) is 0.872. The highest BCUT2D eigenvalue weighted by Gasteiger charge is 2.15. The number of rotatable bonds is 5. The predicted octanol–water partition coefficient (Wildman–Crippen LogP) is 2.80. The van der Waals surface area contributed by atoms with Gasteiger partial charge >= 0.3 is 0 Å². The van der Waals surface area contributed by atoms with E-state index < -0.39 is 0 Å². The van der Waals surface area contributed by atoms with Crippen LogP contribution in [0.2, 0.25) is 0 Å². The number of hydrogen-bond acceptors (Lipinski definition) is 3. The molecule has 0 spiro atoms. The van der Waals surface area contributed by atoms with Gasteiger partial charge in [-0.2, -0.15) is 0 Å². The van der Waals surface area contributed by atoms with Gasteiger partial charge in [0.25, 0.3) is 0 Å². The molecule has 0 unspecified atom stereocenters. The van der Waals surface area contributed by atoms with E-state index in [1.54, 1.807) is 0 Å². The molecule has 1 aromatic heterocycles. The van der Waals surface area contributed by atoms with Crippen molar-refractivity contribution in [1.29, 1.82) is 0 Å². The Morgan fingerprint density at radius 1 is 1.28 bits per heavy atom. The maximum atomic E-state index is 5.67. The zero-order chi connectivity index (χ0) is 13.8. The number of nitrogens with zero attached hydrogens (tertiary/aromatic N) is 2. The van der Waals surface area contributed by atoms with Crippen LogP contribution in [0.3, 0.4) is 0 Å². The molecule has 3 heteroatoms. The monoisotopic (exact) mass is 249 g/mol.